The van der Waals surface area contributed by atoms with Crippen LogP contribution in [0.4, 0.5) is 0 Å². The zero-order valence-corrected chi connectivity index (χ0v) is 12.1. The minimum Gasteiger partial charge on any atom is -0.482 e. The molecule has 0 bridgehead atoms. The van der Waals surface area contributed by atoms with Gasteiger partial charge in [-0.1, -0.05) is 31.2 Å². The van der Waals surface area contributed by atoms with Gasteiger partial charge in [0.2, 0.25) is 0 Å². The minimum absolute atomic E-state index is 0.0455. The van der Waals surface area contributed by atoms with Crippen LogP contribution in [-0.2, 0) is 9.53 Å². The number of esters is 1. The van der Waals surface area contributed by atoms with Crippen molar-refractivity contribution in [3.05, 3.63) is 36.4 Å². The molecule has 108 valence electrons. The van der Waals surface area contributed by atoms with Crippen LogP contribution in [0.2, 0.25) is 0 Å². The Bertz CT molecular complexity index is 473. The summed E-state index contributed by atoms with van der Waals surface area (Å²) in [7, 11) is 0. The first kappa shape index (κ1) is 14.6. The molecule has 0 saturated heterocycles. The van der Waals surface area contributed by atoms with Crippen LogP contribution in [0.25, 0.3) is 6.08 Å². The largest absolute Gasteiger partial charge is 0.482 e. The van der Waals surface area contributed by atoms with Crippen molar-refractivity contribution in [1.82, 2.24) is 0 Å². The molecule has 0 unspecified atom stereocenters. The van der Waals surface area contributed by atoms with E-state index >= 15 is 0 Å². The smallest absolute Gasteiger partial charge is 0.344 e. The fraction of sp³-hybridized carbons (Fsp3) is 0.471. The molecule has 3 heteroatoms. The SMILES string of the molecule is C=Cc1cccc(OCC(=O)OC2(C)CCCCC2)c1. The number of benzene rings is 1. The maximum absolute atomic E-state index is 11.9. The molecule has 0 amide bonds. The van der Waals surface area contributed by atoms with Gasteiger partial charge in [0.1, 0.15) is 11.4 Å². The van der Waals surface area contributed by atoms with Crippen molar-refractivity contribution in [2.45, 2.75) is 44.6 Å². The van der Waals surface area contributed by atoms with Crippen molar-refractivity contribution in [1.29, 1.82) is 0 Å². The second-order valence-corrected chi connectivity index (χ2v) is 5.55. The zero-order valence-electron chi connectivity index (χ0n) is 12.1. The van der Waals surface area contributed by atoms with Gasteiger partial charge in [-0.25, -0.2) is 4.79 Å². The molecule has 1 saturated carbocycles. The molecular weight excluding hydrogens is 252 g/mol. The van der Waals surface area contributed by atoms with E-state index in [0.717, 1.165) is 31.2 Å². The predicted octanol–water partition coefficient (Wildman–Crippen LogP) is 3.97. The summed E-state index contributed by atoms with van der Waals surface area (Å²) in [6, 6.07) is 7.48. The van der Waals surface area contributed by atoms with Crippen LogP contribution in [-0.4, -0.2) is 18.2 Å². The lowest BCUT2D eigenvalue weighted by Gasteiger charge is -2.33. The van der Waals surface area contributed by atoms with E-state index in [2.05, 4.69) is 6.58 Å². The van der Waals surface area contributed by atoms with Crippen LogP contribution in [0.15, 0.2) is 30.8 Å². The Morgan fingerprint density at radius 1 is 1.35 bits per heavy atom. The lowest BCUT2D eigenvalue weighted by atomic mass is 9.86. The second kappa shape index (κ2) is 6.60. The molecule has 3 nitrogen and oxygen atoms in total. The summed E-state index contributed by atoms with van der Waals surface area (Å²) in [6.07, 6.45) is 7.14. The predicted molar refractivity (Wildman–Crippen MR) is 79.6 cm³/mol. The first-order valence-electron chi connectivity index (χ1n) is 7.18. The third kappa shape index (κ3) is 4.12. The van der Waals surface area contributed by atoms with Crippen LogP contribution >= 0.6 is 0 Å². The fourth-order valence-electron chi connectivity index (χ4n) is 2.58. The molecule has 2 rings (SSSR count). The minimum atomic E-state index is -0.304. The molecule has 0 radical (unpaired) electrons. The maximum atomic E-state index is 11.9. The molecule has 1 aromatic carbocycles. The molecule has 1 aliphatic rings. The highest BCUT2D eigenvalue weighted by atomic mass is 16.6. The van der Waals surface area contributed by atoms with E-state index in [1.165, 1.54) is 6.42 Å². The van der Waals surface area contributed by atoms with E-state index in [-0.39, 0.29) is 18.2 Å². The van der Waals surface area contributed by atoms with Crippen LogP contribution in [0, 0.1) is 0 Å². The number of hydrogen-bond acceptors (Lipinski definition) is 3. The van der Waals surface area contributed by atoms with Crippen LogP contribution in [0.1, 0.15) is 44.6 Å². The molecule has 20 heavy (non-hydrogen) atoms. The number of ether oxygens (including phenoxy) is 2. The highest BCUT2D eigenvalue weighted by Gasteiger charge is 2.30. The Hall–Kier alpha value is -1.77. The number of carbonyl (C=O) groups is 1. The van der Waals surface area contributed by atoms with Crippen molar-refractivity contribution in [3.63, 3.8) is 0 Å². The Morgan fingerprint density at radius 2 is 2.10 bits per heavy atom. The fourth-order valence-corrected chi connectivity index (χ4v) is 2.58. The van der Waals surface area contributed by atoms with Gasteiger partial charge in [-0.3, -0.25) is 0 Å². The number of carbonyl (C=O) groups excluding carboxylic acids is 1. The highest BCUT2D eigenvalue weighted by Crippen LogP contribution is 2.31. The topological polar surface area (TPSA) is 35.5 Å². The Balaban J connectivity index is 1.83. The van der Waals surface area contributed by atoms with Gasteiger partial charge in [0.05, 0.1) is 0 Å². The molecule has 0 aromatic heterocycles. The summed E-state index contributed by atoms with van der Waals surface area (Å²) >= 11 is 0. The van der Waals surface area contributed by atoms with Crippen molar-refractivity contribution in [3.8, 4) is 5.75 Å². The van der Waals surface area contributed by atoms with Gasteiger partial charge >= 0.3 is 5.97 Å². The average Bonchev–Trinajstić information content (AvgIpc) is 2.45. The maximum Gasteiger partial charge on any atom is 0.344 e. The third-order valence-corrected chi connectivity index (χ3v) is 3.72. The molecule has 0 aliphatic heterocycles. The summed E-state index contributed by atoms with van der Waals surface area (Å²) in [6.45, 7) is 5.68. The summed E-state index contributed by atoms with van der Waals surface area (Å²) in [5, 5.41) is 0. The molecule has 0 heterocycles. The Morgan fingerprint density at radius 3 is 2.80 bits per heavy atom. The van der Waals surface area contributed by atoms with E-state index in [1.807, 2.05) is 31.2 Å². The van der Waals surface area contributed by atoms with Gasteiger partial charge in [0, 0.05) is 0 Å². The quantitative estimate of drug-likeness (QED) is 0.762. The zero-order chi connectivity index (χ0) is 14.4. The summed E-state index contributed by atoms with van der Waals surface area (Å²) < 4.78 is 11.0. The Kier molecular flexibility index (Phi) is 4.83. The first-order valence-corrected chi connectivity index (χ1v) is 7.18. The van der Waals surface area contributed by atoms with E-state index in [1.54, 1.807) is 6.08 Å². The van der Waals surface area contributed by atoms with Crippen LogP contribution in [0.5, 0.6) is 5.75 Å². The van der Waals surface area contributed by atoms with E-state index in [9.17, 15) is 4.79 Å². The average molecular weight is 274 g/mol. The van der Waals surface area contributed by atoms with Crippen LogP contribution in [0.3, 0.4) is 0 Å². The highest BCUT2D eigenvalue weighted by molar-refractivity contribution is 5.71. The van der Waals surface area contributed by atoms with E-state index in [0.29, 0.717) is 5.75 Å². The summed E-state index contributed by atoms with van der Waals surface area (Å²) in [5.41, 5.74) is 0.664. The van der Waals surface area contributed by atoms with Crippen molar-refractivity contribution < 1.29 is 14.3 Å². The lowest BCUT2D eigenvalue weighted by molar-refractivity contribution is -0.163. The summed E-state index contributed by atoms with van der Waals surface area (Å²) in [5.74, 6) is 0.367. The third-order valence-electron chi connectivity index (χ3n) is 3.72. The molecule has 0 spiro atoms. The number of hydrogen-bond donors (Lipinski definition) is 0. The van der Waals surface area contributed by atoms with Gasteiger partial charge in [-0.05, 0) is 50.3 Å². The standard InChI is InChI=1S/C17H22O3/c1-3-14-8-7-9-15(12-14)19-13-16(18)20-17(2)10-5-4-6-11-17/h3,7-9,12H,1,4-6,10-11,13H2,2H3. The van der Waals surface area contributed by atoms with E-state index in [4.69, 9.17) is 9.47 Å². The normalized spacial score (nSPS) is 17.2. The van der Waals surface area contributed by atoms with Crippen molar-refractivity contribution in [2.24, 2.45) is 0 Å². The van der Waals surface area contributed by atoms with Gasteiger partial charge in [-0.2, -0.15) is 0 Å². The molecular formula is C17H22O3. The van der Waals surface area contributed by atoms with Gasteiger partial charge in [0.25, 0.3) is 0 Å². The van der Waals surface area contributed by atoms with Gasteiger partial charge in [-0.15, -0.1) is 0 Å². The Labute approximate surface area is 120 Å². The molecule has 1 aliphatic carbocycles. The second-order valence-electron chi connectivity index (χ2n) is 5.55. The molecule has 1 fully saturated rings. The van der Waals surface area contributed by atoms with Crippen LogP contribution < -0.4 is 4.74 Å². The lowest BCUT2D eigenvalue weighted by Crippen LogP contribution is -2.35. The first-order chi connectivity index (χ1) is 9.61. The summed E-state index contributed by atoms with van der Waals surface area (Å²) in [4.78, 5) is 11.9. The molecule has 1 aromatic rings. The van der Waals surface area contributed by atoms with Crippen molar-refractivity contribution >= 4 is 12.0 Å². The van der Waals surface area contributed by atoms with Crippen molar-refractivity contribution in [2.75, 3.05) is 6.61 Å². The molecule has 0 N–H and O–H groups in total. The van der Waals surface area contributed by atoms with E-state index < -0.39 is 0 Å². The van der Waals surface area contributed by atoms with Gasteiger partial charge in [0.15, 0.2) is 6.61 Å². The molecule has 0 atom stereocenters. The monoisotopic (exact) mass is 274 g/mol. The van der Waals surface area contributed by atoms with Gasteiger partial charge < -0.3 is 9.47 Å². The number of rotatable bonds is 5.